The molecule has 5 aliphatic rings. The van der Waals surface area contributed by atoms with Gasteiger partial charge in [-0.1, -0.05) is 115 Å². The summed E-state index contributed by atoms with van der Waals surface area (Å²) in [5.41, 5.74) is 16.4. The average Bonchev–Trinajstić information content (AvgIpc) is 3.74. The lowest BCUT2D eigenvalue weighted by molar-refractivity contribution is -0.0399. The van der Waals surface area contributed by atoms with Gasteiger partial charge in [0.05, 0.1) is 0 Å². The Hall–Kier alpha value is -5.86. The van der Waals surface area contributed by atoms with E-state index in [4.69, 9.17) is 4.42 Å². The van der Waals surface area contributed by atoms with Crippen LogP contribution < -0.4 is 4.90 Å². The molecule has 2 heteroatoms. The molecule has 5 aliphatic carbocycles. The third-order valence-corrected chi connectivity index (χ3v) is 13.8. The van der Waals surface area contributed by atoms with Crippen LogP contribution in [-0.4, -0.2) is 0 Å². The highest BCUT2D eigenvalue weighted by Gasteiger charge is 2.62. The summed E-state index contributed by atoms with van der Waals surface area (Å²) in [6.07, 6.45) is 6.89. The molecule has 0 atom stereocenters. The number of hydrogen-bond donors (Lipinski definition) is 0. The van der Waals surface area contributed by atoms with E-state index in [1.807, 2.05) is 0 Å². The first-order chi connectivity index (χ1) is 26.7. The number of rotatable bonds is 5. The Bertz CT molecular complexity index is 2690. The number of fused-ring (bicyclic) bond motifs is 6. The maximum absolute atomic E-state index is 6.53. The molecule has 1 aromatic heterocycles. The minimum absolute atomic E-state index is 0.0460. The Morgan fingerprint density at radius 3 is 1.80 bits per heavy atom. The summed E-state index contributed by atoms with van der Waals surface area (Å²) in [5.74, 6) is 3.14. The number of anilines is 3. The molecule has 4 fully saturated rings. The van der Waals surface area contributed by atoms with Crippen molar-refractivity contribution in [1.29, 1.82) is 0 Å². The van der Waals surface area contributed by atoms with E-state index in [1.54, 1.807) is 11.1 Å². The first-order valence-electron chi connectivity index (χ1n) is 19.9. The zero-order valence-electron chi connectivity index (χ0n) is 30.3. The van der Waals surface area contributed by atoms with E-state index in [-0.39, 0.29) is 5.41 Å². The minimum atomic E-state index is 0.0460. The van der Waals surface area contributed by atoms with Gasteiger partial charge in [-0.3, -0.25) is 0 Å². The Labute approximate surface area is 316 Å². The van der Waals surface area contributed by atoms with Crippen LogP contribution in [0.4, 0.5) is 17.1 Å². The molecule has 7 aromatic carbocycles. The van der Waals surface area contributed by atoms with Gasteiger partial charge >= 0.3 is 0 Å². The molecule has 4 saturated carbocycles. The lowest BCUT2D eigenvalue weighted by Gasteiger charge is -2.61. The van der Waals surface area contributed by atoms with Crippen LogP contribution >= 0.6 is 0 Å². The Morgan fingerprint density at radius 1 is 0.426 bits per heavy atom. The van der Waals surface area contributed by atoms with Crippen molar-refractivity contribution in [1.82, 2.24) is 0 Å². The Kier molecular flexibility index (Phi) is 6.55. The van der Waals surface area contributed by atoms with Gasteiger partial charge in [0.2, 0.25) is 0 Å². The van der Waals surface area contributed by atoms with Crippen LogP contribution in [0.2, 0.25) is 0 Å². The van der Waals surface area contributed by atoms with Crippen molar-refractivity contribution >= 4 is 39.0 Å². The summed E-state index contributed by atoms with van der Waals surface area (Å²) in [7, 11) is 0. The van der Waals surface area contributed by atoms with Crippen LogP contribution in [0.3, 0.4) is 0 Å². The summed E-state index contributed by atoms with van der Waals surface area (Å²) < 4.78 is 6.53. The van der Waals surface area contributed by atoms with Crippen molar-refractivity contribution < 1.29 is 4.42 Å². The average molecular weight is 696 g/mol. The van der Waals surface area contributed by atoms with Crippen LogP contribution in [0.15, 0.2) is 168 Å². The van der Waals surface area contributed by atoms with Crippen LogP contribution in [0.5, 0.6) is 0 Å². The van der Waals surface area contributed by atoms with Gasteiger partial charge in [-0.05, 0) is 143 Å². The van der Waals surface area contributed by atoms with Crippen LogP contribution in [0.25, 0.3) is 55.3 Å². The lowest BCUT2D eigenvalue weighted by Crippen LogP contribution is -2.55. The van der Waals surface area contributed by atoms with E-state index in [1.165, 1.54) is 71.2 Å². The van der Waals surface area contributed by atoms with Gasteiger partial charge in [-0.25, -0.2) is 0 Å². The molecule has 260 valence electrons. The fourth-order valence-corrected chi connectivity index (χ4v) is 12.0. The second-order valence-corrected chi connectivity index (χ2v) is 16.5. The number of furan rings is 1. The largest absolute Gasteiger partial charge is 0.456 e. The van der Waals surface area contributed by atoms with Gasteiger partial charge in [0.25, 0.3) is 0 Å². The van der Waals surface area contributed by atoms with Crippen molar-refractivity contribution in [2.75, 3.05) is 4.90 Å². The van der Waals surface area contributed by atoms with E-state index < -0.39 is 0 Å². The zero-order valence-corrected chi connectivity index (χ0v) is 30.3. The van der Waals surface area contributed by atoms with E-state index in [9.17, 15) is 0 Å². The number of nitrogens with zero attached hydrogens (tertiary/aromatic N) is 1. The van der Waals surface area contributed by atoms with Crippen molar-refractivity contribution in [3.8, 4) is 33.4 Å². The quantitative estimate of drug-likeness (QED) is 0.178. The van der Waals surface area contributed by atoms with Gasteiger partial charge in [0.15, 0.2) is 0 Å². The van der Waals surface area contributed by atoms with Gasteiger partial charge in [0.1, 0.15) is 11.2 Å². The molecule has 0 amide bonds. The highest BCUT2D eigenvalue weighted by Crippen LogP contribution is 2.70. The lowest BCUT2D eigenvalue weighted by atomic mass is 9.43. The molecule has 0 radical (unpaired) electrons. The SMILES string of the molecule is c1ccc(-c2ccc(N(c3cc(-c4ccccc4)c4c(c3)C3(c5ccccc5-4)C4CC5CC(C4)CC3C5)c3ccc4c(c3)oc3ccccc34)cc2)cc1. The van der Waals surface area contributed by atoms with Crippen LogP contribution in [0.1, 0.15) is 43.2 Å². The van der Waals surface area contributed by atoms with Crippen LogP contribution in [0, 0.1) is 23.7 Å². The maximum atomic E-state index is 6.53. The highest BCUT2D eigenvalue weighted by molar-refractivity contribution is 6.06. The predicted octanol–water partition coefficient (Wildman–Crippen LogP) is 14.1. The fourth-order valence-electron chi connectivity index (χ4n) is 12.0. The first-order valence-corrected chi connectivity index (χ1v) is 19.9. The number of benzene rings is 7. The summed E-state index contributed by atoms with van der Waals surface area (Å²) in [5, 5.41) is 2.30. The molecule has 13 rings (SSSR count). The number of para-hydroxylation sites is 1. The molecular weight excluding hydrogens is 655 g/mol. The van der Waals surface area contributed by atoms with Gasteiger partial charge < -0.3 is 9.32 Å². The van der Waals surface area contributed by atoms with E-state index in [2.05, 4.69) is 169 Å². The second-order valence-electron chi connectivity index (χ2n) is 16.5. The molecule has 0 unspecified atom stereocenters. The summed E-state index contributed by atoms with van der Waals surface area (Å²) in [6.45, 7) is 0. The first kappa shape index (κ1) is 30.6. The Balaban J connectivity index is 1.13. The van der Waals surface area contributed by atoms with Crippen molar-refractivity contribution in [3.05, 3.63) is 175 Å². The van der Waals surface area contributed by atoms with Crippen molar-refractivity contribution in [2.24, 2.45) is 23.7 Å². The molecule has 0 aliphatic heterocycles. The molecule has 4 bridgehead atoms. The van der Waals surface area contributed by atoms with E-state index >= 15 is 0 Å². The minimum Gasteiger partial charge on any atom is -0.456 e. The molecule has 54 heavy (non-hydrogen) atoms. The molecule has 0 saturated heterocycles. The zero-order chi connectivity index (χ0) is 35.4. The molecule has 8 aromatic rings. The summed E-state index contributed by atoms with van der Waals surface area (Å²) in [4.78, 5) is 2.49. The highest BCUT2D eigenvalue weighted by atomic mass is 16.3. The molecule has 2 nitrogen and oxygen atoms in total. The van der Waals surface area contributed by atoms with E-state index in [0.717, 1.165) is 45.1 Å². The Morgan fingerprint density at radius 2 is 1.04 bits per heavy atom. The van der Waals surface area contributed by atoms with E-state index in [0.29, 0.717) is 11.8 Å². The third kappa shape index (κ3) is 4.34. The van der Waals surface area contributed by atoms with Crippen molar-refractivity contribution in [2.45, 2.75) is 37.5 Å². The standard InChI is InChI=1S/C52H41NO/c1-3-11-35(12-4-1)36-19-21-40(22-20-36)53(41-23-24-44-43-15-8-10-18-49(43)54-50(44)32-41)42-30-46(37-13-5-2-6-14-37)51-45-16-7-9-17-47(45)52(48(51)31-42)38-26-33-25-34(28-38)29-39(52)27-33/h1-24,30-34,38-39H,25-29H2. The summed E-state index contributed by atoms with van der Waals surface area (Å²) >= 11 is 0. The van der Waals surface area contributed by atoms with Gasteiger partial charge in [-0.2, -0.15) is 0 Å². The molecule has 1 heterocycles. The second kappa shape index (κ2) is 11.6. The van der Waals surface area contributed by atoms with Gasteiger partial charge in [0, 0.05) is 39.3 Å². The molecule has 1 spiro atoms. The normalized spacial score (nSPS) is 23.3. The topological polar surface area (TPSA) is 16.4 Å². The molecular formula is C52H41NO. The van der Waals surface area contributed by atoms with Crippen LogP contribution in [-0.2, 0) is 5.41 Å². The fraction of sp³-hybridized carbons (Fsp3) is 0.192. The number of hydrogen-bond acceptors (Lipinski definition) is 2. The maximum Gasteiger partial charge on any atom is 0.137 e. The van der Waals surface area contributed by atoms with Crippen molar-refractivity contribution in [3.63, 3.8) is 0 Å². The summed E-state index contributed by atoms with van der Waals surface area (Å²) in [6, 6.07) is 60.8. The molecule has 0 N–H and O–H groups in total. The predicted molar refractivity (Wildman–Crippen MR) is 223 cm³/mol. The van der Waals surface area contributed by atoms with Gasteiger partial charge in [-0.15, -0.1) is 0 Å². The monoisotopic (exact) mass is 695 g/mol. The third-order valence-electron chi connectivity index (χ3n) is 13.8. The smallest absolute Gasteiger partial charge is 0.137 e.